The maximum atomic E-state index is 3.42. The van der Waals surface area contributed by atoms with E-state index in [0.29, 0.717) is 0 Å². The lowest BCUT2D eigenvalue weighted by atomic mass is 10.3. The first-order chi connectivity index (χ1) is 5.36. The standard InChI is InChI=1S/C8H6BrNS/c9-8-4-3-7(11-8)6-2-1-5-10-6/h1-5,10H. The van der Waals surface area contributed by atoms with Crippen molar-refractivity contribution < 1.29 is 0 Å². The third-order valence-corrected chi connectivity index (χ3v) is 3.09. The Balaban J connectivity index is 2.45. The Bertz CT molecular complexity index is 337. The van der Waals surface area contributed by atoms with Gasteiger partial charge in [0.2, 0.25) is 0 Å². The van der Waals surface area contributed by atoms with Gasteiger partial charge in [0.1, 0.15) is 0 Å². The summed E-state index contributed by atoms with van der Waals surface area (Å²) in [4.78, 5) is 4.42. The Morgan fingerprint density at radius 2 is 2.18 bits per heavy atom. The van der Waals surface area contributed by atoms with Gasteiger partial charge in [0, 0.05) is 6.20 Å². The van der Waals surface area contributed by atoms with Gasteiger partial charge in [0.15, 0.2) is 0 Å². The van der Waals surface area contributed by atoms with E-state index in [-0.39, 0.29) is 0 Å². The van der Waals surface area contributed by atoms with Crippen molar-refractivity contribution in [3.05, 3.63) is 34.2 Å². The van der Waals surface area contributed by atoms with Gasteiger partial charge in [0.25, 0.3) is 0 Å². The van der Waals surface area contributed by atoms with E-state index in [0.717, 1.165) is 0 Å². The Labute approximate surface area is 77.2 Å². The molecule has 2 aromatic rings. The molecule has 0 spiro atoms. The molecule has 0 saturated heterocycles. The van der Waals surface area contributed by atoms with Crippen LogP contribution < -0.4 is 0 Å². The molecule has 1 nitrogen and oxygen atoms in total. The number of nitrogens with one attached hydrogen (secondary N) is 1. The Kier molecular flexibility index (Phi) is 1.84. The van der Waals surface area contributed by atoms with E-state index in [2.05, 4.69) is 39.1 Å². The molecule has 0 saturated carbocycles. The summed E-state index contributed by atoms with van der Waals surface area (Å²) in [5.41, 5.74) is 1.18. The van der Waals surface area contributed by atoms with Crippen molar-refractivity contribution in [2.45, 2.75) is 0 Å². The fraction of sp³-hybridized carbons (Fsp3) is 0. The van der Waals surface area contributed by atoms with Crippen LogP contribution in [0.5, 0.6) is 0 Å². The van der Waals surface area contributed by atoms with Crippen LogP contribution in [0.4, 0.5) is 0 Å². The zero-order valence-corrected chi connectivity index (χ0v) is 8.08. The number of hydrogen-bond donors (Lipinski definition) is 1. The summed E-state index contributed by atoms with van der Waals surface area (Å²) in [5, 5.41) is 0. The first-order valence-electron chi connectivity index (χ1n) is 3.25. The second-order valence-corrected chi connectivity index (χ2v) is 4.65. The van der Waals surface area contributed by atoms with Crippen molar-refractivity contribution in [3.8, 4) is 10.6 Å². The van der Waals surface area contributed by atoms with Crippen LogP contribution in [0, 0.1) is 0 Å². The third-order valence-electron chi connectivity index (χ3n) is 1.44. The number of rotatable bonds is 1. The van der Waals surface area contributed by atoms with Crippen LogP contribution in [0.3, 0.4) is 0 Å². The quantitative estimate of drug-likeness (QED) is 0.768. The molecule has 2 heterocycles. The molecule has 2 rings (SSSR count). The zero-order chi connectivity index (χ0) is 7.68. The normalized spacial score (nSPS) is 10.3. The molecule has 0 radical (unpaired) electrons. The minimum atomic E-state index is 1.17. The van der Waals surface area contributed by atoms with Crippen LogP contribution in [0.2, 0.25) is 0 Å². The SMILES string of the molecule is Brc1ccc(-c2ccc[nH]2)s1. The molecule has 0 unspecified atom stereocenters. The van der Waals surface area contributed by atoms with E-state index in [1.54, 1.807) is 11.3 Å². The number of H-pyrrole nitrogens is 1. The van der Waals surface area contributed by atoms with Gasteiger partial charge >= 0.3 is 0 Å². The summed E-state index contributed by atoms with van der Waals surface area (Å²) >= 11 is 5.15. The fourth-order valence-electron chi connectivity index (χ4n) is 0.943. The highest BCUT2D eigenvalue weighted by molar-refractivity contribution is 9.11. The lowest BCUT2D eigenvalue weighted by Crippen LogP contribution is -1.65. The summed E-state index contributed by atoms with van der Waals surface area (Å²) in [7, 11) is 0. The molecule has 0 aromatic carbocycles. The number of aromatic nitrogens is 1. The van der Waals surface area contributed by atoms with Crippen LogP contribution >= 0.6 is 27.3 Å². The van der Waals surface area contributed by atoms with E-state index < -0.39 is 0 Å². The predicted octanol–water partition coefficient (Wildman–Crippen LogP) is 3.51. The second-order valence-electron chi connectivity index (χ2n) is 2.19. The van der Waals surface area contributed by atoms with Gasteiger partial charge in [-0.1, -0.05) is 0 Å². The van der Waals surface area contributed by atoms with Crippen LogP contribution in [0.1, 0.15) is 0 Å². The molecule has 0 atom stereocenters. The maximum Gasteiger partial charge on any atom is 0.0705 e. The molecular weight excluding hydrogens is 222 g/mol. The first kappa shape index (κ1) is 7.13. The topological polar surface area (TPSA) is 15.8 Å². The van der Waals surface area contributed by atoms with Gasteiger partial charge in [-0.25, -0.2) is 0 Å². The molecular formula is C8H6BrNS. The molecule has 0 amide bonds. The van der Waals surface area contributed by atoms with Crippen LogP contribution in [-0.4, -0.2) is 4.98 Å². The van der Waals surface area contributed by atoms with Crippen molar-refractivity contribution in [2.75, 3.05) is 0 Å². The molecule has 1 N–H and O–H groups in total. The average molecular weight is 228 g/mol. The van der Waals surface area contributed by atoms with E-state index in [4.69, 9.17) is 0 Å². The van der Waals surface area contributed by atoms with Gasteiger partial charge in [-0.15, -0.1) is 11.3 Å². The summed E-state index contributed by atoms with van der Waals surface area (Å²) in [6, 6.07) is 8.22. The van der Waals surface area contributed by atoms with Crippen molar-refractivity contribution in [3.63, 3.8) is 0 Å². The number of aromatic amines is 1. The second kappa shape index (κ2) is 2.83. The first-order valence-corrected chi connectivity index (χ1v) is 4.86. The molecule has 0 aliphatic carbocycles. The Morgan fingerprint density at radius 3 is 2.73 bits per heavy atom. The molecule has 3 heteroatoms. The van der Waals surface area contributed by atoms with E-state index in [1.807, 2.05) is 12.3 Å². The summed E-state index contributed by atoms with van der Waals surface area (Å²) in [6.07, 6.45) is 1.93. The monoisotopic (exact) mass is 227 g/mol. The van der Waals surface area contributed by atoms with Gasteiger partial charge in [-0.3, -0.25) is 0 Å². The highest BCUT2D eigenvalue weighted by atomic mass is 79.9. The predicted molar refractivity (Wildman–Crippen MR) is 51.8 cm³/mol. The van der Waals surface area contributed by atoms with Gasteiger partial charge < -0.3 is 4.98 Å². The molecule has 2 aromatic heterocycles. The number of hydrogen-bond acceptors (Lipinski definition) is 1. The summed E-state index contributed by atoms with van der Waals surface area (Å²) in [5.74, 6) is 0. The van der Waals surface area contributed by atoms with E-state index in [9.17, 15) is 0 Å². The molecule has 0 aliphatic rings. The van der Waals surface area contributed by atoms with Crippen molar-refractivity contribution in [1.82, 2.24) is 4.98 Å². The zero-order valence-electron chi connectivity index (χ0n) is 5.67. The molecule has 0 bridgehead atoms. The summed E-state index contributed by atoms with van der Waals surface area (Å²) < 4.78 is 1.17. The van der Waals surface area contributed by atoms with Crippen LogP contribution in [0.25, 0.3) is 10.6 Å². The van der Waals surface area contributed by atoms with Gasteiger partial charge in [0.05, 0.1) is 14.4 Å². The Hall–Kier alpha value is -0.540. The minimum absolute atomic E-state index is 1.17. The van der Waals surface area contributed by atoms with Crippen molar-refractivity contribution in [2.24, 2.45) is 0 Å². The molecule has 0 aliphatic heterocycles. The summed E-state index contributed by atoms with van der Waals surface area (Å²) in [6.45, 7) is 0. The van der Waals surface area contributed by atoms with Crippen molar-refractivity contribution >= 4 is 27.3 Å². The maximum absolute atomic E-state index is 3.42. The van der Waals surface area contributed by atoms with Crippen molar-refractivity contribution in [1.29, 1.82) is 0 Å². The average Bonchev–Trinajstić information content (AvgIpc) is 2.55. The number of halogens is 1. The number of thiophene rings is 1. The van der Waals surface area contributed by atoms with Gasteiger partial charge in [-0.05, 0) is 40.2 Å². The van der Waals surface area contributed by atoms with Crippen LogP contribution in [0.15, 0.2) is 34.2 Å². The molecule has 0 fully saturated rings. The van der Waals surface area contributed by atoms with E-state index >= 15 is 0 Å². The lowest BCUT2D eigenvalue weighted by molar-refractivity contribution is 1.42. The third kappa shape index (κ3) is 1.39. The fourth-order valence-corrected chi connectivity index (χ4v) is 2.32. The van der Waals surface area contributed by atoms with Gasteiger partial charge in [-0.2, -0.15) is 0 Å². The Morgan fingerprint density at radius 1 is 1.27 bits per heavy atom. The smallest absolute Gasteiger partial charge is 0.0705 e. The highest BCUT2D eigenvalue weighted by Gasteiger charge is 1.99. The molecule has 56 valence electrons. The molecule has 11 heavy (non-hydrogen) atoms. The largest absolute Gasteiger partial charge is 0.361 e. The highest BCUT2D eigenvalue weighted by Crippen LogP contribution is 2.29. The lowest BCUT2D eigenvalue weighted by Gasteiger charge is -1.87. The minimum Gasteiger partial charge on any atom is -0.361 e. The van der Waals surface area contributed by atoms with Crippen LogP contribution in [-0.2, 0) is 0 Å². The van der Waals surface area contributed by atoms with E-state index in [1.165, 1.54) is 14.4 Å².